The Bertz CT molecular complexity index is 1410. The number of benzene rings is 2. The monoisotopic (exact) mass is 587 g/mol. The van der Waals surface area contributed by atoms with Gasteiger partial charge in [0.05, 0.1) is 19.2 Å². The molecule has 3 aromatic rings. The van der Waals surface area contributed by atoms with Crippen molar-refractivity contribution in [2.75, 3.05) is 46.4 Å². The smallest absolute Gasteiger partial charge is 0.274 e. The van der Waals surface area contributed by atoms with Gasteiger partial charge < -0.3 is 19.4 Å². The molecule has 2 aromatic carbocycles. The standard InChI is InChI=1S/C33H38FN5O4/c1-37-24-33(12-18-38(19-13-33)30(40)21-25-7-9-27(34)10-8-25)11-3-16-39(32(42)29-23-35-14-15-36-29)17-4-20-43-28-6-2-5-26(22-28)31(37)41/h2,5-10,14-15,22-23H,3-4,11-13,16-21,24H2,1H3. The van der Waals surface area contributed by atoms with Crippen LogP contribution in [-0.4, -0.2) is 88.8 Å². The summed E-state index contributed by atoms with van der Waals surface area (Å²) in [5, 5.41) is 0. The number of fused-ring (bicyclic) bond motifs is 2. The van der Waals surface area contributed by atoms with Crippen molar-refractivity contribution in [3.8, 4) is 5.75 Å². The molecule has 9 nitrogen and oxygen atoms in total. The maximum atomic E-state index is 13.5. The number of ether oxygens (including phenoxy) is 1. The molecule has 0 aliphatic carbocycles. The summed E-state index contributed by atoms with van der Waals surface area (Å²) in [5.41, 5.74) is 1.44. The molecule has 5 rings (SSSR count). The number of hydrogen-bond acceptors (Lipinski definition) is 6. The largest absolute Gasteiger partial charge is 0.494 e. The van der Waals surface area contributed by atoms with Crippen LogP contribution in [0.2, 0.25) is 0 Å². The predicted octanol–water partition coefficient (Wildman–Crippen LogP) is 4.24. The molecule has 2 bridgehead atoms. The van der Waals surface area contributed by atoms with Crippen LogP contribution in [0.4, 0.5) is 4.39 Å². The quantitative estimate of drug-likeness (QED) is 0.455. The third-order valence-corrected chi connectivity index (χ3v) is 8.49. The zero-order chi connectivity index (χ0) is 30.2. The van der Waals surface area contributed by atoms with Gasteiger partial charge in [-0.3, -0.25) is 19.4 Å². The van der Waals surface area contributed by atoms with E-state index in [4.69, 9.17) is 4.74 Å². The summed E-state index contributed by atoms with van der Waals surface area (Å²) in [7, 11) is 1.83. The first-order valence-electron chi connectivity index (χ1n) is 14.9. The molecule has 1 fully saturated rings. The van der Waals surface area contributed by atoms with Gasteiger partial charge in [0.25, 0.3) is 11.8 Å². The molecule has 1 saturated heterocycles. The van der Waals surface area contributed by atoms with Gasteiger partial charge in [-0.2, -0.15) is 0 Å². The molecule has 43 heavy (non-hydrogen) atoms. The van der Waals surface area contributed by atoms with Crippen LogP contribution in [0.25, 0.3) is 0 Å². The zero-order valence-corrected chi connectivity index (χ0v) is 24.6. The molecular weight excluding hydrogens is 549 g/mol. The first-order chi connectivity index (χ1) is 20.8. The molecule has 0 radical (unpaired) electrons. The molecule has 0 unspecified atom stereocenters. The average molecular weight is 588 g/mol. The Morgan fingerprint density at radius 2 is 1.72 bits per heavy atom. The van der Waals surface area contributed by atoms with Crippen LogP contribution in [0.15, 0.2) is 67.1 Å². The Balaban J connectivity index is 1.33. The molecule has 3 amide bonds. The maximum Gasteiger partial charge on any atom is 0.274 e. The van der Waals surface area contributed by atoms with Gasteiger partial charge in [0.15, 0.2) is 0 Å². The third kappa shape index (κ3) is 7.74. The molecule has 2 aliphatic heterocycles. The topological polar surface area (TPSA) is 95.9 Å². The number of halogens is 1. The molecule has 2 aliphatic rings. The molecule has 226 valence electrons. The van der Waals surface area contributed by atoms with Gasteiger partial charge in [0, 0.05) is 57.7 Å². The average Bonchev–Trinajstić information content (AvgIpc) is 3.03. The zero-order valence-electron chi connectivity index (χ0n) is 24.6. The number of nitrogens with zero attached hydrogens (tertiary/aromatic N) is 5. The summed E-state index contributed by atoms with van der Waals surface area (Å²) in [6.45, 7) is 3.14. The number of aromatic nitrogens is 2. The van der Waals surface area contributed by atoms with Gasteiger partial charge in [-0.05, 0) is 73.4 Å². The minimum Gasteiger partial charge on any atom is -0.494 e. The number of carbonyl (C=O) groups is 3. The number of rotatable bonds is 3. The van der Waals surface area contributed by atoms with Crippen molar-refractivity contribution in [3.05, 3.63) is 89.8 Å². The van der Waals surface area contributed by atoms with Gasteiger partial charge >= 0.3 is 0 Å². The second-order valence-electron chi connectivity index (χ2n) is 11.6. The minimum absolute atomic E-state index is 0.0144. The highest BCUT2D eigenvalue weighted by molar-refractivity contribution is 5.94. The third-order valence-electron chi connectivity index (χ3n) is 8.49. The van der Waals surface area contributed by atoms with Crippen LogP contribution in [0.1, 0.15) is 58.5 Å². The van der Waals surface area contributed by atoms with Crippen molar-refractivity contribution < 1.29 is 23.5 Å². The van der Waals surface area contributed by atoms with Crippen molar-refractivity contribution in [2.45, 2.75) is 38.5 Å². The Morgan fingerprint density at radius 3 is 2.47 bits per heavy atom. The molecule has 3 heterocycles. The van der Waals surface area contributed by atoms with Gasteiger partial charge in [0.1, 0.15) is 17.3 Å². The van der Waals surface area contributed by atoms with E-state index >= 15 is 0 Å². The highest BCUT2D eigenvalue weighted by Gasteiger charge is 2.38. The van der Waals surface area contributed by atoms with Crippen molar-refractivity contribution in [2.24, 2.45) is 5.41 Å². The molecule has 0 N–H and O–H groups in total. The summed E-state index contributed by atoms with van der Waals surface area (Å²) >= 11 is 0. The Labute approximate surface area is 251 Å². The summed E-state index contributed by atoms with van der Waals surface area (Å²) in [6, 6.07) is 13.3. The van der Waals surface area contributed by atoms with Crippen molar-refractivity contribution in [1.29, 1.82) is 0 Å². The van der Waals surface area contributed by atoms with Crippen LogP contribution in [0, 0.1) is 11.2 Å². The Kier molecular flexibility index (Phi) is 9.64. The lowest BCUT2D eigenvalue weighted by atomic mass is 9.74. The number of piperidine rings is 1. The van der Waals surface area contributed by atoms with E-state index in [9.17, 15) is 18.8 Å². The second kappa shape index (κ2) is 13.8. The highest BCUT2D eigenvalue weighted by atomic mass is 19.1. The van der Waals surface area contributed by atoms with E-state index in [1.54, 1.807) is 35.4 Å². The summed E-state index contributed by atoms with van der Waals surface area (Å²) in [6.07, 6.45) is 8.41. The molecular formula is C33H38FN5O4. The maximum absolute atomic E-state index is 13.5. The Hall–Kier alpha value is -4.34. The summed E-state index contributed by atoms with van der Waals surface area (Å²) in [4.78, 5) is 53.7. The van der Waals surface area contributed by atoms with Crippen molar-refractivity contribution in [1.82, 2.24) is 24.7 Å². The van der Waals surface area contributed by atoms with Crippen molar-refractivity contribution >= 4 is 17.7 Å². The van der Waals surface area contributed by atoms with Crippen LogP contribution in [-0.2, 0) is 11.2 Å². The first-order valence-corrected chi connectivity index (χ1v) is 14.9. The minimum atomic E-state index is -0.324. The summed E-state index contributed by atoms with van der Waals surface area (Å²) in [5.74, 6) is 0.0654. The van der Waals surface area contributed by atoms with E-state index in [1.165, 1.54) is 24.5 Å². The van der Waals surface area contributed by atoms with Gasteiger partial charge in [-0.15, -0.1) is 0 Å². The number of carbonyl (C=O) groups excluding carboxylic acids is 3. The number of likely N-dealkylation sites (tertiary alicyclic amines) is 1. The van der Waals surface area contributed by atoms with Crippen LogP contribution in [0.3, 0.4) is 0 Å². The fraction of sp³-hybridized carbons (Fsp3) is 0.424. The van der Waals surface area contributed by atoms with Crippen LogP contribution in [0.5, 0.6) is 5.75 Å². The first kappa shape index (κ1) is 30.1. The van der Waals surface area contributed by atoms with E-state index in [0.29, 0.717) is 62.8 Å². The fourth-order valence-electron chi connectivity index (χ4n) is 6.10. The van der Waals surface area contributed by atoms with Gasteiger partial charge in [-0.1, -0.05) is 18.2 Å². The van der Waals surface area contributed by atoms with Crippen LogP contribution < -0.4 is 4.74 Å². The lowest BCUT2D eigenvalue weighted by molar-refractivity contribution is -0.133. The number of amides is 3. The van der Waals surface area contributed by atoms with E-state index in [0.717, 1.165) is 31.2 Å². The molecule has 0 atom stereocenters. The normalized spacial score (nSPS) is 18.0. The SMILES string of the molecule is CN1CC2(CCCN(C(=O)c3cnccn3)CCCOc3cccc(c3)C1=O)CCN(C(=O)Cc1ccc(F)cc1)CC2. The molecule has 10 heteroatoms. The number of hydrogen-bond donors (Lipinski definition) is 0. The lowest BCUT2D eigenvalue weighted by Crippen LogP contribution is -2.49. The fourth-order valence-corrected chi connectivity index (χ4v) is 6.10. The van der Waals surface area contributed by atoms with E-state index in [2.05, 4.69) is 9.97 Å². The lowest BCUT2D eigenvalue weighted by Gasteiger charge is -2.44. The van der Waals surface area contributed by atoms with Gasteiger partial charge in [0.2, 0.25) is 5.91 Å². The van der Waals surface area contributed by atoms with Gasteiger partial charge in [-0.25, -0.2) is 9.37 Å². The van der Waals surface area contributed by atoms with E-state index in [1.807, 2.05) is 29.0 Å². The van der Waals surface area contributed by atoms with E-state index < -0.39 is 0 Å². The Morgan fingerprint density at radius 1 is 0.953 bits per heavy atom. The van der Waals surface area contributed by atoms with Crippen LogP contribution >= 0.6 is 0 Å². The van der Waals surface area contributed by atoms with E-state index in [-0.39, 0.29) is 35.4 Å². The van der Waals surface area contributed by atoms with Crippen molar-refractivity contribution in [3.63, 3.8) is 0 Å². The molecule has 1 spiro atoms. The second-order valence-corrected chi connectivity index (χ2v) is 11.6. The predicted molar refractivity (Wildman–Crippen MR) is 159 cm³/mol. The molecule has 0 saturated carbocycles. The molecule has 1 aromatic heterocycles. The highest BCUT2D eigenvalue weighted by Crippen LogP contribution is 2.38. The summed E-state index contributed by atoms with van der Waals surface area (Å²) < 4.78 is 19.3.